The van der Waals surface area contributed by atoms with E-state index in [2.05, 4.69) is 20.5 Å². The zero-order valence-corrected chi connectivity index (χ0v) is 10.9. The number of carbonyl (C=O) groups is 1. The van der Waals surface area contributed by atoms with Gasteiger partial charge in [-0.3, -0.25) is 9.78 Å². The molecule has 0 fully saturated rings. The van der Waals surface area contributed by atoms with Crippen molar-refractivity contribution >= 4 is 22.5 Å². The van der Waals surface area contributed by atoms with Gasteiger partial charge in [0.1, 0.15) is 0 Å². The minimum atomic E-state index is -0.283. The molecule has 1 amide bonds. The molecule has 2 heterocycles. The molecule has 0 spiro atoms. The van der Waals surface area contributed by atoms with E-state index < -0.39 is 0 Å². The summed E-state index contributed by atoms with van der Waals surface area (Å²) < 4.78 is 0. The van der Waals surface area contributed by atoms with Crippen molar-refractivity contribution in [3.8, 4) is 0 Å². The van der Waals surface area contributed by atoms with Gasteiger partial charge in [-0.05, 0) is 31.2 Å². The molecule has 0 bridgehead atoms. The number of aromatic nitrogens is 3. The van der Waals surface area contributed by atoms with E-state index in [-0.39, 0.29) is 11.6 Å². The maximum absolute atomic E-state index is 12.1. The molecule has 0 saturated carbocycles. The standard InChI is InChI=1S/C15H12N4O/c1-10-8-12(6-7-16-10)17-15(20)14-9-11-4-2-3-5-13(11)18-19-14/h2-9H,1H3,(H,16,17,20). The number of nitrogens with zero attached hydrogens (tertiary/aromatic N) is 3. The summed E-state index contributed by atoms with van der Waals surface area (Å²) in [5.41, 5.74) is 2.59. The lowest BCUT2D eigenvalue weighted by Crippen LogP contribution is -2.14. The summed E-state index contributed by atoms with van der Waals surface area (Å²) in [4.78, 5) is 16.2. The van der Waals surface area contributed by atoms with E-state index in [1.165, 1.54) is 0 Å². The molecule has 0 atom stereocenters. The molecule has 5 nitrogen and oxygen atoms in total. The Balaban J connectivity index is 1.88. The highest BCUT2D eigenvalue weighted by molar-refractivity contribution is 6.04. The van der Waals surface area contributed by atoms with E-state index in [1.807, 2.05) is 31.2 Å². The molecule has 0 aliphatic heterocycles. The van der Waals surface area contributed by atoms with Gasteiger partial charge in [0.15, 0.2) is 5.69 Å². The maximum Gasteiger partial charge on any atom is 0.276 e. The van der Waals surface area contributed by atoms with Crippen LogP contribution >= 0.6 is 0 Å². The molecule has 1 N–H and O–H groups in total. The second-order valence-electron chi connectivity index (χ2n) is 4.43. The van der Waals surface area contributed by atoms with E-state index in [9.17, 15) is 4.79 Å². The highest BCUT2D eigenvalue weighted by Gasteiger charge is 2.09. The first kappa shape index (κ1) is 12.2. The summed E-state index contributed by atoms with van der Waals surface area (Å²) in [5, 5.41) is 11.7. The third-order valence-electron chi connectivity index (χ3n) is 2.88. The summed E-state index contributed by atoms with van der Waals surface area (Å²) in [5.74, 6) is -0.283. The van der Waals surface area contributed by atoms with Crippen LogP contribution in [0.5, 0.6) is 0 Å². The highest BCUT2D eigenvalue weighted by Crippen LogP contribution is 2.13. The van der Waals surface area contributed by atoms with Gasteiger partial charge in [0.2, 0.25) is 0 Å². The van der Waals surface area contributed by atoms with Gasteiger partial charge >= 0.3 is 0 Å². The fraction of sp³-hybridized carbons (Fsp3) is 0.0667. The zero-order chi connectivity index (χ0) is 13.9. The Morgan fingerprint density at radius 1 is 1.10 bits per heavy atom. The van der Waals surface area contributed by atoms with Gasteiger partial charge < -0.3 is 5.32 Å². The largest absolute Gasteiger partial charge is 0.320 e. The fourth-order valence-electron chi connectivity index (χ4n) is 1.91. The first-order valence-electron chi connectivity index (χ1n) is 6.19. The van der Waals surface area contributed by atoms with Crippen LogP contribution in [0.1, 0.15) is 16.2 Å². The normalized spacial score (nSPS) is 10.4. The Morgan fingerprint density at radius 2 is 1.95 bits per heavy atom. The van der Waals surface area contributed by atoms with Crippen LogP contribution in [-0.4, -0.2) is 21.1 Å². The van der Waals surface area contributed by atoms with Crippen molar-refractivity contribution in [3.05, 3.63) is 60.0 Å². The van der Waals surface area contributed by atoms with Crippen LogP contribution in [0.25, 0.3) is 10.9 Å². The highest BCUT2D eigenvalue weighted by atomic mass is 16.1. The van der Waals surface area contributed by atoms with E-state index in [4.69, 9.17) is 0 Å². The number of benzene rings is 1. The molecule has 20 heavy (non-hydrogen) atoms. The van der Waals surface area contributed by atoms with E-state index in [0.717, 1.165) is 16.6 Å². The Bertz CT molecular complexity index is 785. The second kappa shape index (κ2) is 5.05. The Kier molecular flexibility index (Phi) is 3.09. The van der Waals surface area contributed by atoms with Crippen molar-refractivity contribution in [2.75, 3.05) is 5.32 Å². The number of amides is 1. The molecule has 98 valence electrons. The second-order valence-corrected chi connectivity index (χ2v) is 4.43. The smallest absolute Gasteiger partial charge is 0.276 e. The van der Waals surface area contributed by atoms with E-state index >= 15 is 0 Å². The molecule has 3 rings (SSSR count). The minimum Gasteiger partial charge on any atom is -0.320 e. The van der Waals surface area contributed by atoms with Crippen LogP contribution in [0.3, 0.4) is 0 Å². The number of hydrogen-bond donors (Lipinski definition) is 1. The lowest BCUT2D eigenvalue weighted by molar-refractivity contribution is 0.102. The van der Waals surface area contributed by atoms with E-state index in [1.54, 1.807) is 24.4 Å². The quantitative estimate of drug-likeness (QED) is 0.772. The van der Waals surface area contributed by atoms with Gasteiger partial charge in [0.05, 0.1) is 5.52 Å². The Morgan fingerprint density at radius 3 is 2.80 bits per heavy atom. The molecule has 0 aliphatic rings. The van der Waals surface area contributed by atoms with Crippen LogP contribution in [0.2, 0.25) is 0 Å². The molecule has 5 heteroatoms. The topological polar surface area (TPSA) is 67.8 Å². The Hall–Kier alpha value is -2.82. The number of aryl methyl sites for hydroxylation is 1. The molecule has 0 unspecified atom stereocenters. The van der Waals surface area contributed by atoms with Crippen molar-refractivity contribution in [2.24, 2.45) is 0 Å². The summed E-state index contributed by atoms with van der Waals surface area (Å²) >= 11 is 0. The lowest BCUT2D eigenvalue weighted by atomic mass is 10.2. The summed E-state index contributed by atoms with van der Waals surface area (Å²) in [6.45, 7) is 1.87. The van der Waals surface area contributed by atoms with Crippen molar-refractivity contribution in [2.45, 2.75) is 6.92 Å². The van der Waals surface area contributed by atoms with Crippen molar-refractivity contribution in [1.82, 2.24) is 15.2 Å². The number of nitrogens with one attached hydrogen (secondary N) is 1. The van der Waals surface area contributed by atoms with Crippen molar-refractivity contribution < 1.29 is 4.79 Å². The number of fused-ring (bicyclic) bond motifs is 1. The zero-order valence-electron chi connectivity index (χ0n) is 10.9. The molecular weight excluding hydrogens is 252 g/mol. The Labute approximate surface area is 115 Å². The van der Waals surface area contributed by atoms with Crippen molar-refractivity contribution in [1.29, 1.82) is 0 Å². The van der Waals surface area contributed by atoms with Crippen LogP contribution in [0.4, 0.5) is 5.69 Å². The average molecular weight is 264 g/mol. The van der Waals surface area contributed by atoms with Crippen LogP contribution in [0.15, 0.2) is 48.7 Å². The average Bonchev–Trinajstić information content (AvgIpc) is 2.47. The summed E-state index contributed by atoms with van der Waals surface area (Å²) in [6.07, 6.45) is 1.65. The van der Waals surface area contributed by atoms with Gasteiger partial charge in [0, 0.05) is 23.0 Å². The number of rotatable bonds is 2. The maximum atomic E-state index is 12.1. The van der Waals surface area contributed by atoms with Gasteiger partial charge in [-0.2, -0.15) is 0 Å². The van der Waals surface area contributed by atoms with Crippen LogP contribution in [-0.2, 0) is 0 Å². The SMILES string of the molecule is Cc1cc(NC(=O)c2cc3ccccc3nn2)ccn1. The molecule has 0 radical (unpaired) electrons. The lowest BCUT2D eigenvalue weighted by Gasteiger charge is -2.05. The minimum absolute atomic E-state index is 0.283. The van der Waals surface area contributed by atoms with E-state index in [0.29, 0.717) is 5.69 Å². The van der Waals surface area contributed by atoms with Crippen molar-refractivity contribution in [3.63, 3.8) is 0 Å². The monoisotopic (exact) mass is 264 g/mol. The molecule has 0 aliphatic carbocycles. The number of pyridine rings is 1. The molecule has 1 aromatic carbocycles. The first-order valence-corrected chi connectivity index (χ1v) is 6.19. The number of carbonyl (C=O) groups excluding carboxylic acids is 1. The number of anilines is 1. The predicted octanol–water partition coefficient (Wildman–Crippen LogP) is 2.59. The summed E-state index contributed by atoms with van der Waals surface area (Å²) in [7, 11) is 0. The van der Waals surface area contributed by atoms with Crippen LogP contribution < -0.4 is 5.32 Å². The van der Waals surface area contributed by atoms with Gasteiger partial charge in [-0.15, -0.1) is 10.2 Å². The summed E-state index contributed by atoms with van der Waals surface area (Å²) in [6, 6.07) is 12.8. The van der Waals surface area contributed by atoms with Gasteiger partial charge in [0.25, 0.3) is 5.91 Å². The fourth-order valence-corrected chi connectivity index (χ4v) is 1.91. The molecular formula is C15H12N4O. The third-order valence-corrected chi connectivity index (χ3v) is 2.88. The van der Waals surface area contributed by atoms with Gasteiger partial charge in [-0.1, -0.05) is 18.2 Å². The molecule has 0 saturated heterocycles. The molecule has 3 aromatic rings. The van der Waals surface area contributed by atoms with Gasteiger partial charge in [-0.25, -0.2) is 0 Å². The van der Waals surface area contributed by atoms with Crippen LogP contribution in [0, 0.1) is 6.92 Å². The first-order chi connectivity index (χ1) is 9.72. The molecule has 2 aromatic heterocycles. The predicted molar refractivity (Wildman–Crippen MR) is 76.5 cm³/mol. The number of hydrogen-bond acceptors (Lipinski definition) is 4. The third kappa shape index (κ3) is 2.47.